The second-order valence-corrected chi connectivity index (χ2v) is 7.78. The van der Waals surface area contributed by atoms with Crippen LogP contribution in [-0.4, -0.2) is 36.2 Å². The number of aryl methyl sites for hydroxylation is 3. The van der Waals surface area contributed by atoms with Crippen LogP contribution in [0.3, 0.4) is 0 Å². The number of hydrogen-bond donors (Lipinski definition) is 0. The van der Waals surface area contributed by atoms with Crippen LogP contribution >= 0.6 is 0 Å². The number of benzene rings is 1. The van der Waals surface area contributed by atoms with Crippen LogP contribution in [0.15, 0.2) is 42.5 Å². The molecule has 1 fully saturated rings. The van der Waals surface area contributed by atoms with Gasteiger partial charge in [-0.1, -0.05) is 36.4 Å². The Hall–Kier alpha value is -1.71. The lowest BCUT2D eigenvalue weighted by molar-refractivity contribution is 0.0489. The van der Waals surface area contributed by atoms with E-state index in [1.165, 1.54) is 24.0 Å². The Morgan fingerprint density at radius 1 is 1.12 bits per heavy atom. The van der Waals surface area contributed by atoms with Gasteiger partial charge in [-0.3, -0.25) is 9.88 Å². The van der Waals surface area contributed by atoms with E-state index in [2.05, 4.69) is 73.1 Å². The number of aromatic nitrogens is 1. The summed E-state index contributed by atoms with van der Waals surface area (Å²) in [5.41, 5.74) is 5.32. The summed E-state index contributed by atoms with van der Waals surface area (Å²) in [6.07, 6.45) is 3.55. The van der Waals surface area contributed by atoms with Gasteiger partial charge in [0.1, 0.15) is 0 Å². The van der Waals surface area contributed by atoms with Crippen LogP contribution in [0, 0.1) is 19.3 Å². The van der Waals surface area contributed by atoms with E-state index in [0.717, 1.165) is 50.7 Å². The molecule has 1 aromatic heterocycles. The van der Waals surface area contributed by atoms with Gasteiger partial charge in [-0.15, -0.1) is 0 Å². The Balaban J connectivity index is 1.64. The van der Waals surface area contributed by atoms with Gasteiger partial charge in [0.2, 0.25) is 0 Å². The first-order valence-corrected chi connectivity index (χ1v) is 9.87. The van der Waals surface area contributed by atoms with Crippen molar-refractivity contribution < 1.29 is 4.74 Å². The highest BCUT2D eigenvalue weighted by Gasteiger charge is 2.38. The van der Waals surface area contributed by atoms with Crippen molar-refractivity contribution in [2.45, 2.75) is 46.6 Å². The second kappa shape index (κ2) is 8.79. The van der Waals surface area contributed by atoms with E-state index < -0.39 is 0 Å². The lowest BCUT2D eigenvalue weighted by atomic mass is 9.82. The molecule has 0 unspecified atom stereocenters. The Morgan fingerprint density at radius 3 is 2.65 bits per heavy atom. The number of ether oxygens (including phenoxy) is 1. The Kier molecular flexibility index (Phi) is 6.44. The minimum atomic E-state index is 0.276. The molecule has 0 aliphatic carbocycles. The van der Waals surface area contributed by atoms with Gasteiger partial charge < -0.3 is 4.74 Å². The van der Waals surface area contributed by atoms with E-state index in [1.54, 1.807) is 0 Å². The molecule has 1 aliphatic heterocycles. The van der Waals surface area contributed by atoms with Gasteiger partial charge in [0.05, 0.1) is 6.61 Å². The van der Waals surface area contributed by atoms with Gasteiger partial charge in [0.25, 0.3) is 0 Å². The lowest BCUT2D eigenvalue weighted by Crippen LogP contribution is -2.32. The molecule has 0 bridgehead atoms. The van der Waals surface area contributed by atoms with Crippen LogP contribution in [0.1, 0.15) is 42.3 Å². The van der Waals surface area contributed by atoms with Crippen molar-refractivity contribution in [1.29, 1.82) is 0 Å². The monoisotopic (exact) mass is 352 g/mol. The van der Waals surface area contributed by atoms with E-state index in [1.807, 2.05) is 0 Å². The molecule has 3 rings (SSSR count). The zero-order valence-electron chi connectivity index (χ0n) is 16.5. The summed E-state index contributed by atoms with van der Waals surface area (Å²) in [7, 11) is 0. The van der Waals surface area contributed by atoms with Crippen molar-refractivity contribution in [2.24, 2.45) is 5.41 Å². The van der Waals surface area contributed by atoms with E-state index in [-0.39, 0.29) is 5.41 Å². The molecule has 140 valence electrons. The highest BCUT2D eigenvalue weighted by molar-refractivity contribution is 5.22. The van der Waals surface area contributed by atoms with Crippen LogP contribution in [0.5, 0.6) is 0 Å². The number of nitrogens with zero attached hydrogens (tertiary/aromatic N) is 2. The molecule has 1 aliphatic rings. The predicted octanol–water partition coefficient (Wildman–Crippen LogP) is 4.56. The van der Waals surface area contributed by atoms with Crippen molar-refractivity contribution in [1.82, 2.24) is 9.88 Å². The minimum absolute atomic E-state index is 0.276. The largest absolute Gasteiger partial charge is 0.381 e. The summed E-state index contributed by atoms with van der Waals surface area (Å²) >= 11 is 0. The molecule has 0 radical (unpaired) electrons. The van der Waals surface area contributed by atoms with Crippen molar-refractivity contribution in [3.05, 3.63) is 65.0 Å². The fourth-order valence-electron chi connectivity index (χ4n) is 4.05. The van der Waals surface area contributed by atoms with E-state index in [9.17, 15) is 0 Å². The van der Waals surface area contributed by atoms with Crippen molar-refractivity contribution in [2.75, 3.05) is 26.3 Å². The van der Waals surface area contributed by atoms with E-state index in [0.29, 0.717) is 0 Å². The maximum Gasteiger partial charge on any atom is 0.0535 e. The summed E-state index contributed by atoms with van der Waals surface area (Å²) < 4.78 is 5.91. The number of hydrogen-bond acceptors (Lipinski definition) is 3. The van der Waals surface area contributed by atoms with Gasteiger partial charge in [-0.25, -0.2) is 0 Å². The van der Waals surface area contributed by atoms with Crippen molar-refractivity contribution >= 4 is 0 Å². The smallest absolute Gasteiger partial charge is 0.0535 e. The molecule has 0 amide bonds. The maximum absolute atomic E-state index is 5.91. The molecule has 0 saturated carbocycles. The second-order valence-electron chi connectivity index (χ2n) is 7.78. The molecule has 1 aromatic carbocycles. The van der Waals surface area contributed by atoms with Crippen LogP contribution in [0.4, 0.5) is 0 Å². The predicted molar refractivity (Wildman–Crippen MR) is 107 cm³/mol. The van der Waals surface area contributed by atoms with Crippen molar-refractivity contribution in [3.8, 4) is 0 Å². The van der Waals surface area contributed by atoms with Crippen LogP contribution < -0.4 is 0 Å². The first-order valence-electron chi connectivity index (χ1n) is 9.87. The van der Waals surface area contributed by atoms with E-state index in [4.69, 9.17) is 4.74 Å². The zero-order valence-corrected chi connectivity index (χ0v) is 16.5. The first-order chi connectivity index (χ1) is 12.6. The SMILES string of the molecule is CCOC[C@@]1(CCc2ccccc2)CCN(Cc2ccc(C)nc2C)C1. The normalized spacial score (nSPS) is 20.6. The summed E-state index contributed by atoms with van der Waals surface area (Å²) in [4.78, 5) is 7.21. The summed E-state index contributed by atoms with van der Waals surface area (Å²) in [6.45, 7) is 11.2. The molecule has 3 nitrogen and oxygen atoms in total. The van der Waals surface area contributed by atoms with Crippen LogP contribution in [0.25, 0.3) is 0 Å². The third kappa shape index (κ3) is 4.93. The van der Waals surface area contributed by atoms with E-state index >= 15 is 0 Å². The molecule has 1 atom stereocenters. The lowest BCUT2D eigenvalue weighted by Gasteiger charge is -2.29. The Morgan fingerprint density at radius 2 is 1.92 bits per heavy atom. The van der Waals surface area contributed by atoms with Gasteiger partial charge >= 0.3 is 0 Å². The number of likely N-dealkylation sites (tertiary alicyclic amines) is 1. The highest BCUT2D eigenvalue weighted by atomic mass is 16.5. The van der Waals surface area contributed by atoms with Crippen LogP contribution in [0.2, 0.25) is 0 Å². The number of rotatable bonds is 8. The van der Waals surface area contributed by atoms with Gasteiger partial charge in [-0.2, -0.15) is 0 Å². The van der Waals surface area contributed by atoms with Crippen molar-refractivity contribution in [3.63, 3.8) is 0 Å². The molecular formula is C23H32N2O. The number of pyridine rings is 1. The summed E-state index contributed by atoms with van der Waals surface area (Å²) in [5.74, 6) is 0. The summed E-state index contributed by atoms with van der Waals surface area (Å²) in [6, 6.07) is 15.2. The fourth-order valence-corrected chi connectivity index (χ4v) is 4.05. The third-order valence-corrected chi connectivity index (χ3v) is 5.65. The average Bonchev–Trinajstić information content (AvgIpc) is 3.05. The average molecular weight is 353 g/mol. The highest BCUT2D eigenvalue weighted by Crippen LogP contribution is 2.36. The first kappa shape index (κ1) is 19.1. The minimum Gasteiger partial charge on any atom is -0.381 e. The molecule has 1 saturated heterocycles. The maximum atomic E-state index is 5.91. The molecule has 2 heterocycles. The molecular weight excluding hydrogens is 320 g/mol. The fraction of sp³-hybridized carbons (Fsp3) is 0.522. The zero-order chi connectivity index (χ0) is 18.4. The third-order valence-electron chi connectivity index (χ3n) is 5.65. The molecule has 26 heavy (non-hydrogen) atoms. The standard InChI is InChI=1S/C23H32N2O/c1-4-26-18-23(13-12-21-8-6-5-7-9-21)14-15-25(17-23)16-22-11-10-19(2)24-20(22)3/h5-11H,4,12-18H2,1-3H3/t23-/m0/s1. The topological polar surface area (TPSA) is 25.4 Å². The Labute approximate surface area is 158 Å². The van der Waals surface area contributed by atoms with Gasteiger partial charge in [0, 0.05) is 36.5 Å². The quantitative estimate of drug-likeness (QED) is 0.696. The molecule has 3 heteroatoms. The molecule has 0 spiro atoms. The molecule has 2 aromatic rings. The molecule has 0 N–H and O–H groups in total. The summed E-state index contributed by atoms with van der Waals surface area (Å²) in [5, 5.41) is 0. The van der Waals surface area contributed by atoms with Gasteiger partial charge in [-0.05, 0) is 63.8 Å². The Bertz CT molecular complexity index is 701. The van der Waals surface area contributed by atoms with Gasteiger partial charge in [0.15, 0.2) is 0 Å². The van der Waals surface area contributed by atoms with Crippen LogP contribution in [-0.2, 0) is 17.7 Å².